The Bertz CT molecular complexity index is 723. The highest BCUT2D eigenvalue weighted by Crippen LogP contribution is 2.33. The highest BCUT2D eigenvalue weighted by molar-refractivity contribution is 7.92. The van der Waals surface area contributed by atoms with Crippen molar-refractivity contribution in [1.82, 2.24) is 0 Å². The topological polar surface area (TPSA) is 75.3 Å². The molecule has 0 atom stereocenters. The quantitative estimate of drug-likeness (QED) is 0.613. The van der Waals surface area contributed by atoms with Crippen molar-refractivity contribution in [3.63, 3.8) is 0 Å². The van der Waals surface area contributed by atoms with Gasteiger partial charge in [0.25, 0.3) is 0 Å². The summed E-state index contributed by atoms with van der Waals surface area (Å²) in [6, 6.07) is 5.34. The third-order valence-corrected chi connectivity index (χ3v) is 6.99. The first-order valence-corrected chi connectivity index (χ1v) is 11.9. The van der Waals surface area contributed by atoms with Crippen molar-refractivity contribution < 1.29 is 13.2 Å². The molecule has 2 N–H and O–H groups in total. The molecular weight excluding hydrogens is 360 g/mol. The maximum absolute atomic E-state index is 12.7. The molecule has 152 valence electrons. The van der Waals surface area contributed by atoms with E-state index in [0.717, 1.165) is 37.2 Å². The summed E-state index contributed by atoms with van der Waals surface area (Å²) in [4.78, 5) is 12.7. The zero-order chi connectivity index (χ0) is 19.9. The van der Waals surface area contributed by atoms with Crippen molar-refractivity contribution in [3.8, 4) is 0 Å². The Balaban J connectivity index is 1.97. The van der Waals surface area contributed by atoms with Crippen LogP contribution in [-0.4, -0.2) is 20.1 Å². The van der Waals surface area contributed by atoms with Crippen molar-refractivity contribution >= 4 is 27.3 Å². The number of hydrogen-bond acceptors (Lipinski definition) is 3. The molecule has 1 aliphatic carbocycles. The maximum atomic E-state index is 12.7. The lowest BCUT2D eigenvalue weighted by molar-refractivity contribution is -0.121. The predicted octanol–water partition coefficient (Wildman–Crippen LogP) is 5.08. The van der Waals surface area contributed by atoms with Crippen LogP contribution in [0.3, 0.4) is 0 Å². The van der Waals surface area contributed by atoms with Crippen LogP contribution in [0.5, 0.6) is 0 Å². The van der Waals surface area contributed by atoms with E-state index in [0.29, 0.717) is 17.8 Å². The molecule has 27 heavy (non-hydrogen) atoms. The first kappa shape index (κ1) is 21.7. The highest BCUT2D eigenvalue weighted by atomic mass is 32.2. The lowest BCUT2D eigenvalue weighted by Gasteiger charge is -2.28. The van der Waals surface area contributed by atoms with E-state index in [1.54, 1.807) is 12.1 Å². The number of amides is 1. The van der Waals surface area contributed by atoms with Crippen LogP contribution in [0.1, 0.15) is 70.8 Å². The molecule has 1 aromatic carbocycles. The van der Waals surface area contributed by atoms with E-state index in [2.05, 4.69) is 17.0 Å². The van der Waals surface area contributed by atoms with Crippen molar-refractivity contribution in [3.05, 3.63) is 23.8 Å². The summed E-state index contributed by atoms with van der Waals surface area (Å²) in [6.45, 7) is 5.89. The number of hydrogen-bond donors (Lipinski definition) is 2. The lowest BCUT2D eigenvalue weighted by atomic mass is 9.79. The lowest BCUT2D eigenvalue weighted by Crippen LogP contribution is -2.27. The minimum absolute atomic E-state index is 0.0561. The zero-order valence-corrected chi connectivity index (χ0v) is 17.7. The van der Waals surface area contributed by atoms with Gasteiger partial charge in [-0.1, -0.05) is 39.2 Å². The summed E-state index contributed by atoms with van der Waals surface area (Å²) >= 11 is 0. The number of carbonyl (C=O) groups excluding carboxylic acids is 1. The van der Waals surface area contributed by atoms with Crippen molar-refractivity contribution in [1.29, 1.82) is 0 Å². The van der Waals surface area contributed by atoms with Crippen LogP contribution in [0.15, 0.2) is 18.2 Å². The summed E-state index contributed by atoms with van der Waals surface area (Å²) in [7, 11) is -3.35. The van der Waals surface area contributed by atoms with Crippen LogP contribution < -0.4 is 10.0 Å². The molecule has 0 unspecified atom stereocenters. The molecule has 1 aromatic rings. The Morgan fingerprint density at radius 1 is 1.07 bits per heavy atom. The Morgan fingerprint density at radius 2 is 1.74 bits per heavy atom. The summed E-state index contributed by atoms with van der Waals surface area (Å²) < 4.78 is 26.7. The molecule has 0 radical (unpaired) electrons. The molecule has 0 saturated heterocycles. The number of anilines is 2. The van der Waals surface area contributed by atoms with Crippen molar-refractivity contribution in [2.75, 3.05) is 15.8 Å². The van der Waals surface area contributed by atoms with Crippen LogP contribution in [-0.2, 0) is 14.8 Å². The van der Waals surface area contributed by atoms with Gasteiger partial charge in [-0.3, -0.25) is 9.52 Å². The monoisotopic (exact) mass is 394 g/mol. The fourth-order valence-corrected chi connectivity index (χ4v) is 5.01. The average molecular weight is 395 g/mol. The second kappa shape index (κ2) is 10.1. The van der Waals surface area contributed by atoms with Crippen LogP contribution in [0.2, 0.25) is 0 Å². The number of benzene rings is 1. The minimum atomic E-state index is -3.35. The van der Waals surface area contributed by atoms with Crippen LogP contribution in [0.25, 0.3) is 0 Å². The van der Waals surface area contributed by atoms with Crippen LogP contribution >= 0.6 is 0 Å². The second-order valence-corrected chi connectivity index (χ2v) is 9.59. The molecule has 5 nitrogen and oxygen atoms in total. The largest absolute Gasteiger partial charge is 0.326 e. The first-order valence-electron chi connectivity index (χ1n) is 10.3. The SMILES string of the molecule is CCCCC1CCC(C(=O)Nc2cccc(NS(=O)(=O)CCC)c2C)CC1. The summed E-state index contributed by atoms with van der Waals surface area (Å²) in [5, 5.41) is 3.02. The molecule has 6 heteroatoms. The van der Waals surface area contributed by atoms with Gasteiger partial charge in [-0.25, -0.2) is 8.42 Å². The number of unbranched alkanes of at least 4 members (excludes halogenated alkanes) is 1. The van der Waals surface area contributed by atoms with Crippen LogP contribution in [0, 0.1) is 18.8 Å². The molecule has 1 fully saturated rings. The van der Waals surface area contributed by atoms with E-state index in [9.17, 15) is 13.2 Å². The molecular formula is C21H34N2O3S. The molecule has 0 heterocycles. The van der Waals surface area contributed by atoms with Crippen molar-refractivity contribution in [2.24, 2.45) is 11.8 Å². The standard InChI is InChI=1S/C21H34N2O3S/c1-4-6-8-17-11-13-18(14-12-17)21(24)22-19-9-7-10-20(16(19)3)23-27(25,26)15-5-2/h7,9-10,17-18,23H,4-6,8,11-15H2,1-3H3,(H,22,24). The van der Waals surface area contributed by atoms with E-state index in [4.69, 9.17) is 0 Å². The third-order valence-electron chi connectivity index (χ3n) is 5.51. The molecule has 0 aromatic heterocycles. The first-order chi connectivity index (χ1) is 12.9. The van der Waals surface area contributed by atoms with E-state index >= 15 is 0 Å². The summed E-state index contributed by atoms with van der Waals surface area (Å²) in [5.41, 5.74) is 1.97. The van der Waals surface area contributed by atoms with Gasteiger partial charge in [0, 0.05) is 11.6 Å². The van der Waals surface area contributed by atoms with Gasteiger partial charge in [-0.05, 0) is 62.6 Å². The molecule has 2 rings (SSSR count). The molecule has 1 saturated carbocycles. The van der Waals surface area contributed by atoms with Crippen molar-refractivity contribution in [2.45, 2.75) is 72.1 Å². The molecule has 0 bridgehead atoms. The third kappa shape index (κ3) is 6.52. The molecule has 1 amide bonds. The zero-order valence-electron chi connectivity index (χ0n) is 16.9. The Kier molecular flexibility index (Phi) is 8.14. The molecule has 1 aliphatic rings. The smallest absolute Gasteiger partial charge is 0.232 e. The molecule has 0 aliphatic heterocycles. The average Bonchev–Trinajstić information content (AvgIpc) is 2.63. The fraction of sp³-hybridized carbons (Fsp3) is 0.667. The number of carbonyl (C=O) groups is 1. The normalized spacial score (nSPS) is 20.3. The van der Waals surface area contributed by atoms with E-state index in [-0.39, 0.29) is 17.6 Å². The van der Waals surface area contributed by atoms with Gasteiger partial charge in [-0.15, -0.1) is 0 Å². The summed E-state index contributed by atoms with van der Waals surface area (Å²) in [6.07, 6.45) is 8.52. The Hall–Kier alpha value is -1.56. The van der Waals surface area contributed by atoms with Gasteiger partial charge in [0.15, 0.2) is 0 Å². The fourth-order valence-electron chi connectivity index (χ4n) is 3.81. The van der Waals surface area contributed by atoms with E-state index in [1.165, 1.54) is 19.3 Å². The molecule has 0 spiro atoms. The van der Waals surface area contributed by atoms with E-state index < -0.39 is 10.0 Å². The summed E-state index contributed by atoms with van der Waals surface area (Å²) in [5.74, 6) is 0.972. The Labute approximate surface area is 164 Å². The Morgan fingerprint density at radius 3 is 2.37 bits per heavy atom. The van der Waals surface area contributed by atoms with Gasteiger partial charge in [0.1, 0.15) is 0 Å². The van der Waals surface area contributed by atoms with E-state index in [1.807, 2.05) is 19.9 Å². The highest BCUT2D eigenvalue weighted by Gasteiger charge is 2.26. The maximum Gasteiger partial charge on any atom is 0.232 e. The predicted molar refractivity (Wildman–Crippen MR) is 112 cm³/mol. The van der Waals surface area contributed by atoms with Gasteiger partial charge in [0.2, 0.25) is 15.9 Å². The second-order valence-electron chi connectivity index (χ2n) is 7.75. The van der Waals surface area contributed by atoms with Gasteiger partial charge in [0.05, 0.1) is 11.4 Å². The van der Waals surface area contributed by atoms with Crippen LogP contribution in [0.4, 0.5) is 11.4 Å². The number of sulfonamides is 1. The minimum Gasteiger partial charge on any atom is -0.326 e. The van der Waals surface area contributed by atoms with Gasteiger partial charge >= 0.3 is 0 Å². The van der Waals surface area contributed by atoms with Gasteiger partial charge < -0.3 is 5.32 Å². The van der Waals surface area contributed by atoms with Gasteiger partial charge in [-0.2, -0.15) is 0 Å². The number of rotatable bonds is 9. The number of nitrogens with one attached hydrogen (secondary N) is 2.